The number of rotatable bonds is 1. The number of fused-ring (bicyclic) bond motifs is 3. The number of carbonyl (C=O) groups excluding carboxylic acids is 1. The fraction of sp³-hybridized carbons (Fsp3) is 0.875. The molecule has 3 aliphatic heterocycles. The fourth-order valence-electron chi connectivity index (χ4n) is 2.37. The summed E-state index contributed by atoms with van der Waals surface area (Å²) in [5, 5.41) is 0. The average Bonchev–Trinajstić information content (AvgIpc) is 2.08. The molecule has 1 amide bonds. The zero-order valence-electron chi connectivity index (χ0n) is 6.73. The van der Waals surface area contributed by atoms with Gasteiger partial charge in [-0.15, -0.1) is 0 Å². The van der Waals surface area contributed by atoms with Crippen molar-refractivity contribution in [1.82, 2.24) is 0 Å². The van der Waals surface area contributed by atoms with Gasteiger partial charge in [-0.05, 0) is 0 Å². The van der Waals surface area contributed by atoms with Gasteiger partial charge in [0.25, 0.3) is 0 Å². The lowest BCUT2D eigenvalue weighted by molar-refractivity contribution is -0.918. The third-order valence-corrected chi connectivity index (χ3v) is 3.39. The van der Waals surface area contributed by atoms with Crippen LogP contribution in [0.4, 0.5) is 0 Å². The molecule has 3 rings (SSSR count). The summed E-state index contributed by atoms with van der Waals surface area (Å²) in [5.74, 6) is -0.0590. The molecule has 0 aliphatic carbocycles. The summed E-state index contributed by atoms with van der Waals surface area (Å²) in [6, 6.07) is 0. The van der Waals surface area contributed by atoms with Gasteiger partial charge in [0.1, 0.15) is 0 Å². The molecule has 0 unspecified atom stereocenters. The molecule has 3 heterocycles. The first-order valence-electron chi connectivity index (χ1n) is 4.36. The van der Waals surface area contributed by atoms with Crippen LogP contribution in [0.1, 0.15) is 19.3 Å². The van der Waals surface area contributed by atoms with Crippen molar-refractivity contribution in [3.05, 3.63) is 0 Å². The number of hydrogen-bond acceptors (Lipinski definition) is 1. The molecule has 2 bridgehead atoms. The third-order valence-electron chi connectivity index (χ3n) is 3.39. The number of hydrogen-bond donors (Lipinski definition) is 2. The smallest absolute Gasteiger partial charge is 0.224 e. The van der Waals surface area contributed by atoms with Gasteiger partial charge in [0.15, 0.2) is 0 Å². The maximum absolute atomic E-state index is 11.1. The molecule has 11 heavy (non-hydrogen) atoms. The van der Waals surface area contributed by atoms with Crippen LogP contribution in [0.15, 0.2) is 0 Å². The van der Waals surface area contributed by atoms with Crippen molar-refractivity contribution in [3.63, 3.8) is 0 Å². The van der Waals surface area contributed by atoms with Crippen molar-refractivity contribution in [2.75, 3.05) is 19.6 Å². The van der Waals surface area contributed by atoms with Gasteiger partial charge in [-0.3, -0.25) is 4.79 Å². The Morgan fingerprint density at radius 2 is 1.64 bits per heavy atom. The first-order valence-corrected chi connectivity index (χ1v) is 4.36. The van der Waals surface area contributed by atoms with Gasteiger partial charge in [-0.2, -0.15) is 0 Å². The van der Waals surface area contributed by atoms with E-state index < -0.39 is 0 Å². The Balaban J connectivity index is 2.18. The van der Waals surface area contributed by atoms with Crippen LogP contribution in [-0.4, -0.2) is 25.5 Å². The van der Waals surface area contributed by atoms with E-state index in [9.17, 15) is 4.79 Å². The highest BCUT2D eigenvalue weighted by Gasteiger charge is 2.46. The maximum Gasteiger partial charge on any atom is 0.224 e. The number of nitrogens with two attached hydrogens (primary N) is 1. The fourth-order valence-corrected chi connectivity index (χ4v) is 2.37. The second-order valence-corrected chi connectivity index (χ2v) is 3.89. The Morgan fingerprint density at radius 3 is 1.91 bits per heavy atom. The monoisotopic (exact) mass is 155 g/mol. The predicted molar refractivity (Wildman–Crippen MR) is 41.0 cm³/mol. The van der Waals surface area contributed by atoms with Gasteiger partial charge in [0.05, 0.1) is 25.0 Å². The lowest BCUT2D eigenvalue weighted by Crippen LogP contribution is -3.15. The van der Waals surface area contributed by atoms with Crippen LogP contribution in [0.5, 0.6) is 0 Å². The van der Waals surface area contributed by atoms with E-state index in [0.717, 1.165) is 38.9 Å². The van der Waals surface area contributed by atoms with Crippen LogP contribution >= 0.6 is 0 Å². The van der Waals surface area contributed by atoms with Crippen LogP contribution in [0, 0.1) is 5.41 Å². The summed E-state index contributed by atoms with van der Waals surface area (Å²) in [5.41, 5.74) is 5.29. The van der Waals surface area contributed by atoms with Crippen molar-refractivity contribution in [3.8, 4) is 0 Å². The molecule has 3 aliphatic rings. The van der Waals surface area contributed by atoms with Crippen LogP contribution in [0.2, 0.25) is 0 Å². The molecule has 3 fully saturated rings. The standard InChI is InChI=1S/C8H14N2O/c9-7(11)8-1-4-10(5-2-8)6-3-8/h1-6H2,(H2,9,11)/p+1. The van der Waals surface area contributed by atoms with Crippen molar-refractivity contribution in [2.45, 2.75) is 19.3 Å². The molecule has 0 aromatic rings. The Hall–Kier alpha value is -0.570. The number of nitrogens with one attached hydrogen (secondary N) is 1. The van der Waals surface area contributed by atoms with E-state index in [-0.39, 0.29) is 11.3 Å². The highest BCUT2D eigenvalue weighted by molar-refractivity contribution is 5.81. The summed E-state index contributed by atoms with van der Waals surface area (Å²) < 4.78 is 0. The number of piperidine rings is 3. The molecular weight excluding hydrogens is 140 g/mol. The minimum atomic E-state index is -0.0955. The molecule has 0 saturated carbocycles. The van der Waals surface area contributed by atoms with Gasteiger partial charge in [0.2, 0.25) is 5.91 Å². The zero-order chi connectivity index (χ0) is 7.90. The van der Waals surface area contributed by atoms with Crippen molar-refractivity contribution in [2.24, 2.45) is 11.1 Å². The highest BCUT2D eigenvalue weighted by atomic mass is 16.1. The molecule has 0 atom stereocenters. The second kappa shape index (κ2) is 2.21. The van der Waals surface area contributed by atoms with Crippen molar-refractivity contribution < 1.29 is 9.69 Å². The predicted octanol–water partition coefficient (Wildman–Crippen LogP) is -1.46. The first-order chi connectivity index (χ1) is 5.23. The maximum atomic E-state index is 11.1. The van der Waals surface area contributed by atoms with Gasteiger partial charge < -0.3 is 10.6 Å². The van der Waals surface area contributed by atoms with Gasteiger partial charge in [-0.25, -0.2) is 0 Å². The third kappa shape index (κ3) is 0.948. The van der Waals surface area contributed by atoms with E-state index in [1.807, 2.05) is 0 Å². The van der Waals surface area contributed by atoms with Gasteiger partial charge >= 0.3 is 0 Å². The summed E-state index contributed by atoms with van der Waals surface area (Å²) in [7, 11) is 0. The lowest BCUT2D eigenvalue weighted by atomic mass is 9.71. The molecule has 62 valence electrons. The van der Waals surface area contributed by atoms with E-state index in [1.165, 1.54) is 0 Å². The van der Waals surface area contributed by atoms with Crippen LogP contribution < -0.4 is 10.6 Å². The van der Waals surface area contributed by atoms with E-state index in [1.54, 1.807) is 4.90 Å². The summed E-state index contributed by atoms with van der Waals surface area (Å²) in [4.78, 5) is 12.8. The first kappa shape index (κ1) is 7.10. The van der Waals surface area contributed by atoms with Gasteiger partial charge in [-0.1, -0.05) is 0 Å². The molecule has 0 aromatic carbocycles. The molecule has 0 spiro atoms. The second-order valence-electron chi connectivity index (χ2n) is 3.89. The quantitative estimate of drug-likeness (QED) is 0.478. The van der Waals surface area contributed by atoms with E-state index in [0.29, 0.717) is 0 Å². The molecular formula is C8H15N2O+. The van der Waals surface area contributed by atoms with E-state index in [2.05, 4.69) is 0 Å². The molecule has 0 aromatic heterocycles. The minimum Gasteiger partial charge on any atom is -0.369 e. The zero-order valence-corrected chi connectivity index (χ0v) is 6.73. The Labute approximate surface area is 66.5 Å². The van der Waals surface area contributed by atoms with Crippen LogP contribution in [0.25, 0.3) is 0 Å². The molecule has 3 nitrogen and oxygen atoms in total. The molecule has 3 saturated heterocycles. The highest BCUT2D eigenvalue weighted by Crippen LogP contribution is 2.33. The Kier molecular flexibility index (Phi) is 1.42. The van der Waals surface area contributed by atoms with Crippen LogP contribution in [-0.2, 0) is 4.79 Å². The Bertz CT molecular complexity index is 169. The molecule has 0 radical (unpaired) electrons. The largest absolute Gasteiger partial charge is 0.369 e. The number of amides is 1. The normalized spacial score (nSPS) is 42.4. The minimum absolute atomic E-state index is 0.0590. The van der Waals surface area contributed by atoms with Crippen molar-refractivity contribution >= 4 is 5.91 Å². The SMILES string of the molecule is NC(=O)C12CC[NH+](CC1)CC2. The van der Waals surface area contributed by atoms with Crippen LogP contribution in [0.3, 0.4) is 0 Å². The van der Waals surface area contributed by atoms with Gasteiger partial charge in [0, 0.05) is 19.3 Å². The number of primary amides is 1. The van der Waals surface area contributed by atoms with E-state index >= 15 is 0 Å². The summed E-state index contributed by atoms with van der Waals surface area (Å²) in [6.45, 7) is 3.47. The topological polar surface area (TPSA) is 47.5 Å². The summed E-state index contributed by atoms with van der Waals surface area (Å²) >= 11 is 0. The number of carbonyl (C=O) groups is 1. The molecule has 3 N–H and O–H groups in total. The van der Waals surface area contributed by atoms with E-state index in [4.69, 9.17) is 5.73 Å². The van der Waals surface area contributed by atoms with Crippen molar-refractivity contribution in [1.29, 1.82) is 0 Å². The lowest BCUT2D eigenvalue weighted by Gasteiger charge is -2.43. The Morgan fingerprint density at radius 1 is 1.18 bits per heavy atom. The summed E-state index contributed by atoms with van der Waals surface area (Å²) in [6.07, 6.45) is 3.08. The molecule has 3 heteroatoms. The number of quaternary nitrogens is 1. The average molecular weight is 155 g/mol.